The molecule has 2 aromatic carbocycles. The average Bonchev–Trinajstić information content (AvgIpc) is 3.09. The average molecular weight is 378 g/mol. The number of methoxy groups -OCH3 is 1. The Bertz CT molecular complexity index is 870. The van der Waals surface area contributed by atoms with Gasteiger partial charge in [-0.05, 0) is 12.1 Å². The minimum Gasteiger partial charge on any atom is -0.494 e. The Balaban J connectivity index is 1.68. The van der Waals surface area contributed by atoms with Gasteiger partial charge in [-0.3, -0.25) is 0 Å². The number of esters is 1. The summed E-state index contributed by atoms with van der Waals surface area (Å²) in [6, 6.07) is 12.4. The van der Waals surface area contributed by atoms with E-state index in [-0.39, 0.29) is 28.1 Å². The summed E-state index contributed by atoms with van der Waals surface area (Å²) >= 11 is 12.0. The predicted octanol–water partition coefficient (Wildman–Crippen LogP) is 5.01. The van der Waals surface area contributed by atoms with E-state index in [1.807, 2.05) is 30.3 Å². The molecular formula is C18H13Cl2NO4. The summed E-state index contributed by atoms with van der Waals surface area (Å²) in [5.74, 6) is 0.603. The second-order valence-corrected chi connectivity index (χ2v) is 5.85. The van der Waals surface area contributed by atoms with E-state index in [1.165, 1.54) is 19.2 Å². The first kappa shape index (κ1) is 17.3. The van der Waals surface area contributed by atoms with Crippen molar-refractivity contribution in [2.45, 2.75) is 6.61 Å². The number of hydrogen-bond acceptors (Lipinski definition) is 5. The van der Waals surface area contributed by atoms with Crippen molar-refractivity contribution in [3.05, 3.63) is 70.2 Å². The standard InChI is InChI=1S/C18H13Cl2NO4/c1-23-17-13(19)7-12(8-14(17)20)18(22)24-10-16-21-9-15(25-16)11-5-3-2-4-6-11/h2-9H,10H2,1H3. The molecule has 1 aromatic heterocycles. The second-order valence-electron chi connectivity index (χ2n) is 5.03. The Labute approximate surface area is 154 Å². The molecule has 1 heterocycles. The van der Waals surface area contributed by atoms with Crippen LogP contribution < -0.4 is 4.74 Å². The molecule has 3 rings (SSSR count). The summed E-state index contributed by atoms with van der Waals surface area (Å²) in [5, 5.41) is 0.453. The lowest BCUT2D eigenvalue weighted by atomic mass is 10.2. The number of nitrogens with zero attached hydrogens (tertiary/aromatic N) is 1. The number of carbonyl (C=O) groups excluding carboxylic acids is 1. The van der Waals surface area contributed by atoms with E-state index in [9.17, 15) is 4.79 Å². The van der Waals surface area contributed by atoms with Gasteiger partial charge in [-0.2, -0.15) is 0 Å². The summed E-state index contributed by atoms with van der Waals surface area (Å²) in [6.45, 7) is -0.104. The van der Waals surface area contributed by atoms with E-state index in [2.05, 4.69) is 4.98 Å². The first-order valence-corrected chi connectivity index (χ1v) is 8.04. The third-order valence-electron chi connectivity index (χ3n) is 3.38. The summed E-state index contributed by atoms with van der Waals surface area (Å²) < 4.78 is 15.8. The molecular weight excluding hydrogens is 365 g/mol. The zero-order chi connectivity index (χ0) is 17.8. The predicted molar refractivity (Wildman–Crippen MR) is 94.1 cm³/mol. The lowest BCUT2D eigenvalue weighted by molar-refractivity contribution is 0.0439. The molecule has 5 nitrogen and oxygen atoms in total. The number of benzene rings is 2. The summed E-state index contributed by atoms with van der Waals surface area (Å²) in [6.07, 6.45) is 1.58. The van der Waals surface area contributed by atoms with Gasteiger partial charge in [0.05, 0.1) is 28.9 Å². The van der Waals surface area contributed by atoms with Gasteiger partial charge in [-0.1, -0.05) is 53.5 Å². The molecule has 0 unspecified atom stereocenters. The van der Waals surface area contributed by atoms with Gasteiger partial charge in [0.1, 0.15) is 0 Å². The van der Waals surface area contributed by atoms with Gasteiger partial charge in [-0.15, -0.1) is 0 Å². The fourth-order valence-corrected chi connectivity index (χ4v) is 2.84. The van der Waals surface area contributed by atoms with Crippen LogP contribution in [0.4, 0.5) is 0 Å². The number of rotatable bonds is 5. The van der Waals surface area contributed by atoms with Crippen molar-refractivity contribution < 1.29 is 18.7 Å². The SMILES string of the molecule is COc1c(Cl)cc(C(=O)OCc2ncc(-c3ccccc3)o2)cc1Cl. The summed E-state index contributed by atoms with van der Waals surface area (Å²) in [7, 11) is 1.44. The van der Waals surface area contributed by atoms with Gasteiger partial charge in [0, 0.05) is 5.56 Å². The number of ether oxygens (including phenoxy) is 2. The zero-order valence-corrected chi connectivity index (χ0v) is 14.7. The molecule has 0 aliphatic carbocycles. The highest BCUT2D eigenvalue weighted by Gasteiger charge is 2.16. The molecule has 0 saturated heterocycles. The van der Waals surface area contributed by atoms with Crippen LogP contribution in [0.5, 0.6) is 5.75 Å². The van der Waals surface area contributed by atoms with Gasteiger partial charge < -0.3 is 13.9 Å². The fourth-order valence-electron chi connectivity index (χ4n) is 2.20. The van der Waals surface area contributed by atoms with Gasteiger partial charge in [0.25, 0.3) is 0 Å². The largest absolute Gasteiger partial charge is 0.494 e. The lowest BCUT2D eigenvalue weighted by Gasteiger charge is -2.08. The Morgan fingerprint density at radius 1 is 1.16 bits per heavy atom. The van der Waals surface area contributed by atoms with Crippen LogP contribution in [0, 0.1) is 0 Å². The third-order valence-corrected chi connectivity index (χ3v) is 3.94. The van der Waals surface area contributed by atoms with Crippen molar-refractivity contribution in [2.75, 3.05) is 7.11 Å². The molecule has 0 amide bonds. The molecule has 25 heavy (non-hydrogen) atoms. The van der Waals surface area contributed by atoms with Gasteiger partial charge in [-0.25, -0.2) is 9.78 Å². The van der Waals surface area contributed by atoms with Crippen LogP contribution >= 0.6 is 23.2 Å². The highest BCUT2D eigenvalue weighted by Crippen LogP contribution is 2.34. The van der Waals surface area contributed by atoms with E-state index in [4.69, 9.17) is 37.1 Å². The topological polar surface area (TPSA) is 61.6 Å². The fraction of sp³-hybridized carbons (Fsp3) is 0.111. The molecule has 0 saturated carbocycles. The molecule has 0 aliphatic heterocycles. The number of halogens is 2. The number of carbonyl (C=O) groups is 1. The first-order valence-electron chi connectivity index (χ1n) is 7.28. The molecule has 3 aromatic rings. The smallest absolute Gasteiger partial charge is 0.338 e. The second kappa shape index (κ2) is 7.59. The van der Waals surface area contributed by atoms with Crippen molar-refractivity contribution in [3.63, 3.8) is 0 Å². The maximum absolute atomic E-state index is 12.1. The highest BCUT2D eigenvalue weighted by atomic mass is 35.5. The number of oxazole rings is 1. The van der Waals surface area contributed by atoms with E-state index in [1.54, 1.807) is 6.20 Å². The molecule has 7 heteroatoms. The molecule has 0 bridgehead atoms. The summed E-state index contributed by atoms with van der Waals surface area (Å²) in [4.78, 5) is 16.3. The maximum Gasteiger partial charge on any atom is 0.338 e. The highest BCUT2D eigenvalue weighted by molar-refractivity contribution is 6.37. The minimum absolute atomic E-state index is 0.104. The third kappa shape index (κ3) is 3.95. The molecule has 128 valence electrons. The monoisotopic (exact) mass is 377 g/mol. The van der Waals surface area contributed by atoms with Crippen molar-refractivity contribution in [1.29, 1.82) is 0 Å². The zero-order valence-electron chi connectivity index (χ0n) is 13.2. The van der Waals surface area contributed by atoms with Gasteiger partial charge >= 0.3 is 5.97 Å². The Kier molecular flexibility index (Phi) is 5.26. The van der Waals surface area contributed by atoms with E-state index in [0.717, 1.165) is 5.56 Å². The molecule has 0 fully saturated rings. The summed E-state index contributed by atoms with van der Waals surface area (Å²) in [5.41, 5.74) is 1.10. The van der Waals surface area contributed by atoms with Crippen molar-refractivity contribution in [1.82, 2.24) is 4.98 Å². The first-order chi connectivity index (χ1) is 12.1. The molecule has 0 atom stereocenters. The maximum atomic E-state index is 12.1. The van der Waals surface area contributed by atoms with Crippen molar-refractivity contribution in [3.8, 4) is 17.1 Å². The van der Waals surface area contributed by atoms with Crippen LogP contribution in [-0.2, 0) is 11.3 Å². The quantitative estimate of drug-likeness (QED) is 0.584. The van der Waals surface area contributed by atoms with E-state index in [0.29, 0.717) is 11.5 Å². The molecule has 0 aliphatic rings. The van der Waals surface area contributed by atoms with Crippen LogP contribution in [0.2, 0.25) is 10.0 Å². The normalized spacial score (nSPS) is 10.5. The van der Waals surface area contributed by atoms with Crippen LogP contribution in [0.15, 0.2) is 53.1 Å². The van der Waals surface area contributed by atoms with Crippen LogP contribution in [0.1, 0.15) is 16.2 Å². The molecule has 0 spiro atoms. The van der Waals surface area contributed by atoms with Crippen molar-refractivity contribution in [2.24, 2.45) is 0 Å². The Morgan fingerprint density at radius 2 is 1.84 bits per heavy atom. The van der Waals surface area contributed by atoms with E-state index >= 15 is 0 Å². The van der Waals surface area contributed by atoms with Crippen molar-refractivity contribution >= 4 is 29.2 Å². The van der Waals surface area contributed by atoms with Crippen LogP contribution in [-0.4, -0.2) is 18.1 Å². The van der Waals surface area contributed by atoms with Gasteiger partial charge in [0.15, 0.2) is 18.1 Å². The lowest BCUT2D eigenvalue weighted by Crippen LogP contribution is -2.06. The number of hydrogen-bond donors (Lipinski definition) is 0. The minimum atomic E-state index is -0.592. The molecule has 0 N–H and O–H groups in total. The Hall–Kier alpha value is -2.50. The Morgan fingerprint density at radius 3 is 2.48 bits per heavy atom. The molecule has 0 radical (unpaired) electrons. The van der Waals surface area contributed by atoms with E-state index < -0.39 is 5.97 Å². The van der Waals surface area contributed by atoms with Crippen LogP contribution in [0.25, 0.3) is 11.3 Å². The van der Waals surface area contributed by atoms with Crippen LogP contribution in [0.3, 0.4) is 0 Å². The van der Waals surface area contributed by atoms with Gasteiger partial charge in [0.2, 0.25) is 5.89 Å². The number of aromatic nitrogens is 1.